The molecule has 1 aliphatic heterocycles. The molecule has 60 valence electrons. The zero-order valence-electron chi connectivity index (χ0n) is 6.53. The Bertz CT molecular complexity index is 330. The zero-order valence-corrected chi connectivity index (χ0v) is 7.34. The number of aryl methyl sites for hydroxylation is 1. The van der Waals surface area contributed by atoms with Crippen molar-refractivity contribution < 1.29 is 0 Å². The molecule has 1 atom stereocenters. The molecular formula is C9H8N2S. The van der Waals surface area contributed by atoms with Gasteiger partial charge in [0.15, 0.2) is 0 Å². The molecule has 0 bridgehead atoms. The molecular weight excluding hydrogens is 168 g/mol. The Morgan fingerprint density at radius 2 is 2.58 bits per heavy atom. The van der Waals surface area contributed by atoms with Gasteiger partial charge in [-0.15, -0.1) is 0 Å². The van der Waals surface area contributed by atoms with Gasteiger partial charge in [0, 0.05) is 6.20 Å². The van der Waals surface area contributed by atoms with E-state index in [-0.39, 0.29) is 5.25 Å². The van der Waals surface area contributed by atoms with Crippen LogP contribution >= 0.6 is 11.8 Å². The Hall–Kier alpha value is -1.01. The predicted octanol–water partition coefficient (Wildman–Crippen LogP) is 2.01. The third-order valence-electron chi connectivity index (χ3n) is 1.92. The Morgan fingerprint density at radius 3 is 3.42 bits per heavy atom. The van der Waals surface area contributed by atoms with Crippen molar-refractivity contribution in [1.82, 2.24) is 4.98 Å². The first-order chi connectivity index (χ1) is 5.90. The molecule has 0 amide bonds. The van der Waals surface area contributed by atoms with E-state index in [0.717, 1.165) is 17.9 Å². The van der Waals surface area contributed by atoms with Gasteiger partial charge < -0.3 is 0 Å². The van der Waals surface area contributed by atoms with Crippen molar-refractivity contribution in [2.24, 2.45) is 0 Å². The van der Waals surface area contributed by atoms with Crippen LogP contribution in [0.2, 0.25) is 0 Å². The van der Waals surface area contributed by atoms with E-state index in [1.165, 1.54) is 5.56 Å². The van der Waals surface area contributed by atoms with Crippen molar-refractivity contribution in [2.45, 2.75) is 23.1 Å². The van der Waals surface area contributed by atoms with Crippen LogP contribution in [0.15, 0.2) is 23.4 Å². The van der Waals surface area contributed by atoms with Crippen LogP contribution in [0.25, 0.3) is 0 Å². The minimum absolute atomic E-state index is 0.104. The summed E-state index contributed by atoms with van der Waals surface area (Å²) in [5, 5.41) is 9.86. The van der Waals surface area contributed by atoms with Gasteiger partial charge in [0.2, 0.25) is 0 Å². The van der Waals surface area contributed by atoms with E-state index < -0.39 is 0 Å². The highest BCUT2D eigenvalue weighted by atomic mass is 32.2. The summed E-state index contributed by atoms with van der Waals surface area (Å²) in [6.07, 6.45) is 3.74. The number of pyridine rings is 1. The molecule has 0 saturated carbocycles. The van der Waals surface area contributed by atoms with Crippen LogP contribution in [0.1, 0.15) is 12.0 Å². The molecule has 1 unspecified atom stereocenters. The number of thioether (sulfide) groups is 1. The van der Waals surface area contributed by atoms with Crippen LogP contribution in [-0.2, 0) is 6.42 Å². The Balaban J connectivity index is 2.30. The minimum Gasteiger partial charge on any atom is -0.250 e. The van der Waals surface area contributed by atoms with Crippen LogP contribution in [-0.4, -0.2) is 10.2 Å². The summed E-state index contributed by atoms with van der Waals surface area (Å²) < 4.78 is 0. The molecule has 0 aliphatic carbocycles. The lowest BCUT2D eigenvalue weighted by Crippen LogP contribution is -2.09. The molecule has 2 heterocycles. The highest BCUT2D eigenvalue weighted by Gasteiger charge is 2.18. The fourth-order valence-electron chi connectivity index (χ4n) is 1.29. The van der Waals surface area contributed by atoms with Crippen molar-refractivity contribution in [3.05, 3.63) is 23.9 Å². The average molecular weight is 176 g/mol. The van der Waals surface area contributed by atoms with Crippen molar-refractivity contribution in [3.63, 3.8) is 0 Å². The topological polar surface area (TPSA) is 36.7 Å². The van der Waals surface area contributed by atoms with Crippen molar-refractivity contribution in [2.75, 3.05) is 0 Å². The predicted molar refractivity (Wildman–Crippen MR) is 47.8 cm³/mol. The third-order valence-corrected chi connectivity index (χ3v) is 3.14. The second-order valence-electron chi connectivity index (χ2n) is 2.74. The molecule has 1 aromatic rings. The maximum Gasteiger partial charge on any atom is 0.100 e. The first kappa shape index (κ1) is 7.63. The molecule has 1 aromatic heterocycles. The SMILES string of the molecule is N#CC1CCc2cccnc2S1. The van der Waals surface area contributed by atoms with Crippen LogP contribution in [0.3, 0.4) is 0 Å². The van der Waals surface area contributed by atoms with Crippen LogP contribution in [0, 0.1) is 11.3 Å². The van der Waals surface area contributed by atoms with Gasteiger partial charge in [-0.05, 0) is 24.5 Å². The standard InChI is InChI=1S/C9H8N2S/c10-6-8-4-3-7-2-1-5-11-9(7)12-8/h1-2,5,8H,3-4H2. The largest absolute Gasteiger partial charge is 0.250 e. The quantitative estimate of drug-likeness (QED) is 0.606. The molecule has 0 fully saturated rings. The van der Waals surface area contributed by atoms with Gasteiger partial charge in [0.05, 0.1) is 11.3 Å². The van der Waals surface area contributed by atoms with Crippen molar-refractivity contribution >= 4 is 11.8 Å². The molecule has 0 N–H and O–H groups in total. The van der Waals surface area contributed by atoms with Gasteiger partial charge in [-0.3, -0.25) is 0 Å². The van der Waals surface area contributed by atoms with Gasteiger partial charge in [-0.25, -0.2) is 4.98 Å². The normalized spacial score (nSPS) is 21.1. The number of rotatable bonds is 0. The number of hydrogen-bond donors (Lipinski definition) is 0. The summed E-state index contributed by atoms with van der Waals surface area (Å²) in [5.74, 6) is 0. The maximum absolute atomic E-state index is 8.72. The third kappa shape index (κ3) is 1.30. The smallest absolute Gasteiger partial charge is 0.100 e. The monoisotopic (exact) mass is 176 g/mol. The first-order valence-corrected chi connectivity index (χ1v) is 4.78. The van der Waals surface area contributed by atoms with E-state index in [4.69, 9.17) is 5.26 Å². The molecule has 0 saturated heterocycles. The van der Waals surface area contributed by atoms with E-state index in [2.05, 4.69) is 17.1 Å². The highest BCUT2D eigenvalue weighted by Crippen LogP contribution is 2.32. The summed E-state index contributed by atoms with van der Waals surface area (Å²) in [4.78, 5) is 4.23. The average Bonchev–Trinajstić information content (AvgIpc) is 2.17. The summed E-state index contributed by atoms with van der Waals surface area (Å²) in [5.41, 5.74) is 1.29. The van der Waals surface area contributed by atoms with Crippen LogP contribution in [0.5, 0.6) is 0 Å². The summed E-state index contributed by atoms with van der Waals surface area (Å²) in [7, 11) is 0. The molecule has 2 nitrogen and oxygen atoms in total. The second kappa shape index (κ2) is 3.16. The lowest BCUT2D eigenvalue weighted by molar-refractivity contribution is 0.805. The van der Waals surface area contributed by atoms with Gasteiger partial charge >= 0.3 is 0 Å². The minimum atomic E-state index is 0.104. The lowest BCUT2D eigenvalue weighted by atomic mass is 10.1. The highest BCUT2D eigenvalue weighted by molar-refractivity contribution is 8.00. The number of aromatic nitrogens is 1. The molecule has 0 aromatic carbocycles. The summed E-state index contributed by atoms with van der Waals surface area (Å²) in [6.45, 7) is 0. The number of nitriles is 1. The van der Waals surface area contributed by atoms with Gasteiger partial charge in [0.1, 0.15) is 5.03 Å². The van der Waals surface area contributed by atoms with Crippen LogP contribution in [0.4, 0.5) is 0 Å². The lowest BCUT2D eigenvalue weighted by Gasteiger charge is -2.16. The number of fused-ring (bicyclic) bond motifs is 1. The molecule has 12 heavy (non-hydrogen) atoms. The molecule has 1 aliphatic rings. The molecule has 0 spiro atoms. The van der Waals surface area contributed by atoms with E-state index >= 15 is 0 Å². The van der Waals surface area contributed by atoms with Crippen molar-refractivity contribution in [1.29, 1.82) is 5.26 Å². The second-order valence-corrected chi connectivity index (χ2v) is 3.93. The van der Waals surface area contributed by atoms with E-state index in [0.29, 0.717) is 0 Å². The Labute approximate surface area is 75.6 Å². The van der Waals surface area contributed by atoms with E-state index in [1.807, 2.05) is 6.07 Å². The first-order valence-electron chi connectivity index (χ1n) is 3.90. The fourth-order valence-corrected chi connectivity index (χ4v) is 2.29. The van der Waals surface area contributed by atoms with Crippen LogP contribution < -0.4 is 0 Å². The molecule has 0 radical (unpaired) electrons. The van der Waals surface area contributed by atoms with E-state index in [9.17, 15) is 0 Å². The summed E-state index contributed by atoms with van der Waals surface area (Å²) in [6, 6.07) is 6.30. The Morgan fingerprint density at radius 1 is 1.67 bits per heavy atom. The van der Waals surface area contributed by atoms with Crippen molar-refractivity contribution in [3.8, 4) is 6.07 Å². The van der Waals surface area contributed by atoms with Gasteiger partial charge in [-0.1, -0.05) is 17.8 Å². The number of nitrogens with zero attached hydrogens (tertiary/aromatic N) is 2. The summed E-state index contributed by atoms with van der Waals surface area (Å²) >= 11 is 1.58. The fraction of sp³-hybridized carbons (Fsp3) is 0.333. The number of hydrogen-bond acceptors (Lipinski definition) is 3. The molecule has 2 rings (SSSR count). The zero-order chi connectivity index (χ0) is 8.39. The van der Waals surface area contributed by atoms with Gasteiger partial charge in [0.25, 0.3) is 0 Å². The Kier molecular flexibility index (Phi) is 2.01. The maximum atomic E-state index is 8.72. The van der Waals surface area contributed by atoms with Gasteiger partial charge in [-0.2, -0.15) is 5.26 Å². The van der Waals surface area contributed by atoms with E-state index in [1.54, 1.807) is 18.0 Å². The molecule has 3 heteroatoms.